The molecule has 0 aromatic carbocycles. The maximum atomic E-state index is 12.1. The van der Waals surface area contributed by atoms with Crippen LogP contribution in [0, 0.1) is 0 Å². The van der Waals surface area contributed by atoms with Crippen LogP contribution in [0.1, 0.15) is 51.4 Å². The molecule has 0 spiro atoms. The first-order chi connectivity index (χ1) is 9.02. The SMILES string of the molecule is O=[C]OC1(O)CCCCC1(O)C(=O)OC1CCCC1. The lowest BCUT2D eigenvalue weighted by atomic mass is 9.79. The van der Waals surface area contributed by atoms with Crippen LogP contribution in [0.3, 0.4) is 0 Å². The lowest BCUT2D eigenvalue weighted by molar-refractivity contribution is -0.282. The molecule has 6 nitrogen and oxygen atoms in total. The average molecular weight is 271 g/mol. The van der Waals surface area contributed by atoms with Gasteiger partial charge in [-0.15, -0.1) is 0 Å². The van der Waals surface area contributed by atoms with Crippen LogP contribution >= 0.6 is 0 Å². The maximum Gasteiger partial charge on any atom is 0.420 e. The fourth-order valence-electron chi connectivity index (χ4n) is 2.87. The van der Waals surface area contributed by atoms with E-state index < -0.39 is 17.4 Å². The Bertz CT molecular complexity index is 351. The number of esters is 1. The topological polar surface area (TPSA) is 93.1 Å². The van der Waals surface area contributed by atoms with E-state index in [1.165, 1.54) is 0 Å². The van der Waals surface area contributed by atoms with E-state index in [0.717, 1.165) is 32.2 Å². The van der Waals surface area contributed by atoms with Gasteiger partial charge < -0.3 is 19.7 Å². The number of ether oxygens (including phenoxy) is 2. The summed E-state index contributed by atoms with van der Waals surface area (Å²) in [5, 5.41) is 20.6. The monoisotopic (exact) mass is 271 g/mol. The van der Waals surface area contributed by atoms with Crippen LogP contribution in [0.4, 0.5) is 0 Å². The van der Waals surface area contributed by atoms with Crippen molar-refractivity contribution in [2.45, 2.75) is 68.9 Å². The second-order valence-corrected chi connectivity index (χ2v) is 5.35. The number of rotatable bonds is 4. The minimum Gasteiger partial charge on any atom is -0.460 e. The van der Waals surface area contributed by atoms with E-state index >= 15 is 0 Å². The Hall–Kier alpha value is -1.14. The number of carbonyl (C=O) groups is 1. The van der Waals surface area contributed by atoms with E-state index in [9.17, 15) is 19.8 Å². The highest BCUT2D eigenvalue weighted by Crippen LogP contribution is 2.39. The minimum atomic E-state index is -2.23. The highest BCUT2D eigenvalue weighted by molar-refractivity contribution is 5.81. The van der Waals surface area contributed by atoms with Gasteiger partial charge >= 0.3 is 12.4 Å². The minimum absolute atomic E-state index is 0.00148. The van der Waals surface area contributed by atoms with E-state index in [4.69, 9.17) is 4.74 Å². The second kappa shape index (κ2) is 5.46. The van der Waals surface area contributed by atoms with Crippen LogP contribution in [0.25, 0.3) is 0 Å². The first-order valence-electron chi connectivity index (χ1n) is 6.73. The van der Waals surface area contributed by atoms with Gasteiger partial charge in [0.05, 0.1) is 0 Å². The van der Waals surface area contributed by atoms with Crippen molar-refractivity contribution in [3.63, 3.8) is 0 Å². The normalized spacial score (nSPS) is 35.9. The third kappa shape index (κ3) is 2.60. The van der Waals surface area contributed by atoms with E-state index in [1.54, 1.807) is 0 Å². The second-order valence-electron chi connectivity index (χ2n) is 5.35. The molecule has 6 heteroatoms. The van der Waals surface area contributed by atoms with Gasteiger partial charge in [-0.3, -0.25) is 0 Å². The molecule has 2 saturated carbocycles. The van der Waals surface area contributed by atoms with E-state index in [1.807, 2.05) is 0 Å². The van der Waals surface area contributed by atoms with Gasteiger partial charge in [0.2, 0.25) is 5.60 Å². The summed E-state index contributed by atoms with van der Waals surface area (Å²) in [5.74, 6) is -3.14. The van der Waals surface area contributed by atoms with Gasteiger partial charge in [-0.25, -0.2) is 9.59 Å². The zero-order valence-electron chi connectivity index (χ0n) is 10.8. The Morgan fingerprint density at radius 3 is 2.37 bits per heavy atom. The Morgan fingerprint density at radius 2 is 1.74 bits per heavy atom. The van der Waals surface area contributed by atoms with Crippen molar-refractivity contribution in [3.8, 4) is 0 Å². The summed E-state index contributed by atoms with van der Waals surface area (Å²) < 4.78 is 9.71. The van der Waals surface area contributed by atoms with Crippen LogP contribution in [-0.2, 0) is 19.1 Å². The molecule has 0 heterocycles. The van der Waals surface area contributed by atoms with Gasteiger partial charge in [-0.05, 0) is 44.9 Å². The molecule has 2 rings (SSSR count). The summed E-state index contributed by atoms with van der Waals surface area (Å²) >= 11 is 0. The van der Waals surface area contributed by atoms with Crippen molar-refractivity contribution < 1.29 is 29.3 Å². The molecule has 2 N–H and O–H groups in total. The quantitative estimate of drug-likeness (QED) is 0.573. The van der Waals surface area contributed by atoms with E-state index in [0.29, 0.717) is 12.8 Å². The molecule has 2 fully saturated rings. The van der Waals surface area contributed by atoms with Gasteiger partial charge in [0.15, 0.2) is 0 Å². The molecule has 1 radical (unpaired) electrons. The zero-order valence-corrected chi connectivity index (χ0v) is 10.8. The summed E-state index contributed by atoms with van der Waals surface area (Å²) in [7, 11) is 0. The largest absolute Gasteiger partial charge is 0.460 e. The highest BCUT2D eigenvalue weighted by atomic mass is 16.7. The van der Waals surface area contributed by atoms with Gasteiger partial charge in [-0.2, -0.15) is 0 Å². The van der Waals surface area contributed by atoms with Gasteiger partial charge in [0.1, 0.15) is 6.10 Å². The summed E-state index contributed by atoms with van der Waals surface area (Å²) in [5.41, 5.74) is -2.19. The molecule has 2 unspecified atom stereocenters. The van der Waals surface area contributed by atoms with Crippen LogP contribution in [0.15, 0.2) is 0 Å². The predicted octanol–water partition coefficient (Wildman–Crippen LogP) is 0.550. The van der Waals surface area contributed by atoms with Crippen LogP contribution in [0.5, 0.6) is 0 Å². The standard InChI is InChI=1S/C13H19O6/c14-9-18-13(17)8-4-3-7-12(13,16)11(15)19-10-5-1-2-6-10/h10,16-17H,1-8H2. The fraction of sp³-hybridized carbons (Fsp3) is 0.846. The molecule has 0 amide bonds. The van der Waals surface area contributed by atoms with E-state index in [2.05, 4.69) is 4.74 Å². The molecule has 0 saturated heterocycles. The third-order valence-electron chi connectivity index (χ3n) is 4.07. The molecular formula is C13H19O6. The lowest BCUT2D eigenvalue weighted by Gasteiger charge is -2.42. The molecule has 0 aromatic heterocycles. The van der Waals surface area contributed by atoms with Crippen molar-refractivity contribution in [3.05, 3.63) is 0 Å². The van der Waals surface area contributed by atoms with Gasteiger partial charge in [0, 0.05) is 6.42 Å². The zero-order chi connectivity index (χ0) is 13.9. The van der Waals surface area contributed by atoms with Crippen molar-refractivity contribution in [2.24, 2.45) is 0 Å². The molecular weight excluding hydrogens is 252 g/mol. The average Bonchev–Trinajstić information content (AvgIpc) is 2.86. The van der Waals surface area contributed by atoms with E-state index in [-0.39, 0.29) is 18.9 Å². The van der Waals surface area contributed by atoms with Gasteiger partial charge in [-0.1, -0.05) is 0 Å². The Morgan fingerprint density at radius 1 is 1.11 bits per heavy atom. The lowest BCUT2D eigenvalue weighted by Crippen LogP contribution is -2.63. The number of carbonyl (C=O) groups excluding carboxylic acids is 2. The smallest absolute Gasteiger partial charge is 0.420 e. The number of aliphatic hydroxyl groups is 2. The third-order valence-corrected chi connectivity index (χ3v) is 4.07. The number of hydrogen-bond acceptors (Lipinski definition) is 6. The predicted molar refractivity (Wildman–Crippen MR) is 63.5 cm³/mol. The summed E-state index contributed by atoms with van der Waals surface area (Å²) in [6, 6.07) is 0. The van der Waals surface area contributed by atoms with Crippen LogP contribution < -0.4 is 0 Å². The molecule has 2 aliphatic carbocycles. The van der Waals surface area contributed by atoms with Crippen LogP contribution in [0.2, 0.25) is 0 Å². The molecule has 107 valence electrons. The van der Waals surface area contributed by atoms with Crippen LogP contribution in [-0.4, -0.2) is 40.1 Å². The molecule has 2 aliphatic rings. The van der Waals surface area contributed by atoms with Crippen molar-refractivity contribution >= 4 is 12.4 Å². The Balaban J connectivity index is 2.11. The summed E-state index contributed by atoms with van der Waals surface area (Å²) in [4.78, 5) is 22.5. The molecule has 0 bridgehead atoms. The van der Waals surface area contributed by atoms with Crippen molar-refractivity contribution in [2.75, 3.05) is 0 Å². The first kappa shape index (κ1) is 14.3. The maximum absolute atomic E-state index is 12.1. The molecule has 0 aliphatic heterocycles. The summed E-state index contributed by atoms with van der Waals surface area (Å²) in [6.45, 7) is 1.11. The summed E-state index contributed by atoms with van der Waals surface area (Å²) in [6.07, 6.45) is 4.40. The van der Waals surface area contributed by atoms with Crippen molar-refractivity contribution in [1.29, 1.82) is 0 Å². The molecule has 2 atom stereocenters. The Kier molecular flexibility index (Phi) is 4.10. The first-order valence-corrected chi connectivity index (χ1v) is 6.73. The fourth-order valence-corrected chi connectivity index (χ4v) is 2.87. The highest BCUT2D eigenvalue weighted by Gasteiger charge is 2.60. The van der Waals surface area contributed by atoms with Crippen molar-refractivity contribution in [1.82, 2.24) is 0 Å². The molecule has 0 aromatic rings. The van der Waals surface area contributed by atoms with Gasteiger partial charge in [0.25, 0.3) is 5.79 Å². The molecule has 19 heavy (non-hydrogen) atoms. The number of hydrogen-bond donors (Lipinski definition) is 2. The Labute approximate surface area is 111 Å².